The maximum absolute atomic E-state index is 4.23. The van der Waals surface area contributed by atoms with Gasteiger partial charge < -0.3 is 10.2 Å². The number of anilines is 1. The average molecular weight is 233 g/mol. The van der Waals surface area contributed by atoms with E-state index < -0.39 is 0 Å². The van der Waals surface area contributed by atoms with Gasteiger partial charge in [-0.15, -0.1) is 0 Å². The van der Waals surface area contributed by atoms with Crippen LogP contribution in [-0.4, -0.2) is 30.7 Å². The smallest absolute Gasteiger partial charge is 0.0582 e. The zero-order valence-corrected chi connectivity index (χ0v) is 10.9. The minimum absolute atomic E-state index is 0.711. The third kappa shape index (κ3) is 3.19. The normalized spacial score (nSPS) is 17.4. The van der Waals surface area contributed by atoms with Gasteiger partial charge in [0.2, 0.25) is 0 Å². The SMILES string of the molecule is CCCNC1CCN(c2cnccc2C)CC1. The summed E-state index contributed by atoms with van der Waals surface area (Å²) in [6.45, 7) is 7.83. The van der Waals surface area contributed by atoms with Gasteiger partial charge in [-0.25, -0.2) is 0 Å². The summed E-state index contributed by atoms with van der Waals surface area (Å²) < 4.78 is 0. The molecule has 0 amide bonds. The fourth-order valence-electron chi connectivity index (χ4n) is 2.46. The number of nitrogens with zero attached hydrogens (tertiary/aromatic N) is 2. The van der Waals surface area contributed by atoms with Crippen molar-refractivity contribution < 1.29 is 0 Å². The molecule has 1 N–H and O–H groups in total. The van der Waals surface area contributed by atoms with Crippen molar-refractivity contribution in [3.05, 3.63) is 24.0 Å². The summed E-state index contributed by atoms with van der Waals surface area (Å²) in [5.41, 5.74) is 2.64. The number of nitrogens with one attached hydrogen (secondary N) is 1. The Labute approximate surface area is 104 Å². The molecule has 0 aliphatic carbocycles. The quantitative estimate of drug-likeness (QED) is 0.865. The summed E-state index contributed by atoms with van der Waals surface area (Å²) in [5.74, 6) is 0. The number of aryl methyl sites for hydroxylation is 1. The van der Waals surface area contributed by atoms with Crippen molar-refractivity contribution in [2.24, 2.45) is 0 Å². The van der Waals surface area contributed by atoms with Crippen molar-refractivity contribution in [3.63, 3.8) is 0 Å². The molecule has 1 aliphatic rings. The Kier molecular flexibility index (Phi) is 4.37. The van der Waals surface area contributed by atoms with Crippen LogP contribution in [0, 0.1) is 6.92 Å². The molecule has 3 nitrogen and oxygen atoms in total. The van der Waals surface area contributed by atoms with Gasteiger partial charge in [0.25, 0.3) is 0 Å². The first kappa shape index (κ1) is 12.4. The van der Waals surface area contributed by atoms with Crippen molar-refractivity contribution in [1.82, 2.24) is 10.3 Å². The molecule has 1 aromatic heterocycles. The van der Waals surface area contributed by atoms with Crippen LogP contribution >= 0.6 is 0 Å². The summed E-state index contributed by atoms with van der Waals surface area (Å²) in [5, 5.41) is 3.62. The van der Waals surface area contributed by atoms with Crippen molar-refractivity contribution in [3.8, 4) is 0 Å². The van der Waals surface area contributed by atoms with Gasteiger partial charge in [0.15, 0.2) is 0 Å². The van der Waals surface area contributed by atoms with Crippen molar-refractivity contribution in [2.75, 3.05) is 24.5 Å². The monoisotopic (exact) mass is 233 g/mol. The Bertz CT molecular complexity index is 343. The Morgan fingerprint density at radius 1 is 1.41 bits per heavy atom. The van der Waals surface area contributed by atoms with E-state index in [9.17, 15) is 0 Å². The Morgan fingerprint density at radius 3 is 2.82 bits per heavy atom. The molecule has 1 aromatic rings. The second-order valence-corrected chi connectivity index (χ2v) is 4.88. The minimum atomic E-state index is 0.711. The van der Waals surface area contributed by atoms with Crippen LogP contribution < -0.4 is 10.2 Å². The molecule has 1 aliphatic heterocycles. The molecular formula is C14H23N3. The number of piperidine rings is 1. The molecule has 3 heteroatoms. The Hall–Kier alpha value is -1.09. The first-order valence-corrected chi connectivity index (χ1v) is 6.70. The topological polar surface area (TPSA) is 28.2 Å². The van der Waals surface area contributed by atoms with Gasteiger partial charge in [0, 0.05) is 25.3 Å². The van der Waals surface area contributed by atoms with E-state index in [2.05, 4.69) is 35.1 Å². The van der Waals surface area contributed by atoms with Gasteiger partial charge >= 0.3 is 0 Å². The molecule has 0 atom stereocenters. The highest BCUT2D eigenvalue weighted by Crippen LogP contribution is 2.22. The van der Waals surface area contributed by atoms with Gasteiger partial charge in [-0.05, 0) is 44.4 Å². The van der Waals surface area contributed by atoms with Gasteiger partial charge in [0.05, 0.1) is 11.9 Å². The van der Waals surface area contributed by atoms with Crippen LogP contribution in [0.3, 0.4) is 0 Å². The molecule has 94 valence electrons. The van der Waals surface area contributed by atoms with Crippen molar-refractivity contribution in [2.45, 2.75) is 39.2 Å². The summed E-state index contributed by atoms with van der Waals surface area (Å²) in [6.07, 6.45) is 7.58. The molecule has 17 heavy (non-hydrogen) atoms. The lowest BCUT2D eigenvalue weighted by Gasteiger charge is -2.34. The fraction of sp³-hybridized carbons (Fsp3) is 0.643. The molecule has 1 fully saturated rings. The van der Waals surface area contributed by atoms with E-state index >= 15 is 0 Å². The molecule has 2 rings (SSSR count). The Morgan fingerprint density at radius 2 is 2.18 bits per heavy atom. The molecule has 0 unspecified atom stereocenters. The van der Waals surface area contributed by atoms with E-state index in [1.165, 1.54) is 30.5 Å². The van der Waals surface area contributed by atoms with Crippen molar-refractivity contribution >= 4 is 5.69 Å². The number of hydrogen-bond donors (Lipinski definition) is 1. The lowest BCUT2D eigenvalue weighted by Crippen LogP contribution is -2.43. The number of aromatic nitrogens is 1. The summed E-state index contributed by atoms with van der Waals surface area (Å²) in [4.78, 5) is 6.70. The van der Waals surface area contributed by atoms with E-state index in [1.54, 1.807) is 0 Å². The molecule has 1 saturated heterocycles. The molecule has 0 aromatic carbocycles. The van der Waals surface area contributed by atoms with Crippen LogP contribution in [0.5, 0.6) is 0 Å². The van der Waals surface area contributed by atoms with E-state index in [0.717, 1.165) is 19.6 Å². The lowest BCUT2D eigenvalue weighted by molar-refractivity contribution is 0.415. The third-order valence-corrected chi connectivity index (χ3v) is 3.53. The van der Waals surface area contributed by atoms with E-state index in [0.29, 0.717) is 6.04 Å². The van der Waals surface area contributed by atoms with Crippen molar-refractivity contribution in [1.29, 1.82) is 0 Å². The average Bonchev–Trinajstić information content (AvgIpc) is 2.38. The highest BCUT2D eigenvalue weighted by atomic mass is 15.2. The van der Waals surface area contributed by atoms with Gasteiger partial charge in [-0.2, -0.15) is 0 Å². The Balaban J connectivity index is 1.89. The summed E-state index contributed by atoms with van der Waals surface area (Å²) in [7, 11) is 0. The first-order valence-electron chi connectivity index (χ1n) is 6.70. The lowest BCUT2D eigenvalue weighted by atomic mass is 10.0. The highest BCUT2D eigenvalue weighted by Gasteiger charge is 2.19. The van der Waals surface area contributed by atoms with Crippen LogP contribution in [0.15, 0.2) is 18.5 Å². The molecule has 0 bridgehead atoms. The van der Waals surface area contributed by atoms with Gasteiger partial charge in [-0.3, -0.25) is 4.98 Å². The number of pyridine rings is 1. The standard InChI is InChI=1S/C14H23N3/c1-3-7-16-13-5-9-17(10-6-13)14-11-15-8-4-12(14)2/h4,8,11,13,16H,3,5-7,9-10H2,1-2H3. The molecule has 2 heterocycles. The predicted octanol–water partition coefficient (Wildman–Crippen LogP) is 2.36. The van der Waals surface area contributed by atoms with Crippen LogP contribution in [0.4, 0.5) is 5.69 Å². The maximum atomic E-state index is 4.23. The molecular weight excluding hydrogens is 210 g/mol. The first-order chi connectivity index (χ1) is 8.31. The minimum Gasteiger partial charge on any atom is -0.370 e. The van der Waals surface area contributed by atoms with Crippen LogP contribution in [0.1, 0.15) is 31.7 Å². The fourth-order valence-corrected chi connectivity index (χ4v) is 2.46. The maximum Gasteiger partial charge on any atom is 0.0582 e. The molecule has 0 radical (unpaired) electrons. The van der Waals surface area contributed by atoms with Gasteiger partial charge in [0.1, 0.15) is 0 Å². The zero-order valence-electron chi connectivity index (χ0n) is 10.9. The molecule has 0 spiro atoms. The summed E-state index contributed by atoms with van der Waals surface area (Å²) >= 11 is 0. The predicted molar refractivity (Wildman–Crippen MR) is 72.5 cm³/mol. The largest absolute Gasteiger partial charge is 0.370 e. The van der Waals surface area contributed by atoms with E-state index in [4.69, 9.17) is 0 Å². The highest BCUT2D eigenvalue weighted by molar-refractivity contribution is 5.51. The zero-order chi connectivity index (χ0) is 12.1. The van der Waals surface area contributed by atoms with Gasteiger partial charge in [-0.1, -0.05) is 6.92 Å². The van der Waals surface area contributed by atoms with E-state index in [-0.39, 0.29) is 0 Å². The second kappa shape index (κ2) is 6.01. The number of rotatable bonds is 4. The second-order valence-electron chi connectivity index (χ2n) is 4.88. The summed E-state index contributed by atoms with van der Waals surface area (Å²) in [6, 6.07) is 2.81. The van der Waals surface area contributed by atoms with Crippen LogP contribution in [0.25, 0.3) is 0 Å². The van der Waals surface area contributed by atoms with E-state index in [1.807, 2.05) is 12.4 Å². The number of hydrogen-bond acceptors (Lipinski definition) is 3. The van der Waals surface area contributed by atoms with Crippen LogP contribution in [-0.2, 0) is 0 Å². The third-order valence-electron chi connectivity index (χ3n) is 3.53. The van der Waals surface area contributed by atoms with Crippen LogP contribution in [0.2, 0.25) is 0 Å². The molecule has 0 saturated carbocycles.